The second-order valence-electron chi connectivity index (χ2n) is 10.3. The summed E-state index contributed by atoms with van der Waals surface area (Å²) in [7, 11) is 0. The number of fused-ring (bicyclic) bond motifs is 1. The maximum absolute atomic E-state index is 13.0. The maximum atomic E-state index is 13.0. The highest BCUT2D eigenvalue weighted by Crippen LogP contribution is 2.36. The van der Waals surface area contributed by atoms with Crippen molar-refractivity contribution < 1.29 is 19.1 Å². The number of nitrogens with zero attached hydrogens (tertiary/aromatic N) is 3. The third kappa shape index (κ3) is 4.37. The molecule has 3 fully saturated rings. The minimum absolute atomic E-state index is 0.0965. The lowest BCUT2D eigenvalue weighted by Gasteiger charge is -2.48. The molecule has 9 heteroatoms. The molecule has 1 saturated carbocycles. The molecular weight excluding hydrogens is 480 g/mol. The molecule has 2 saturated heterocycles. The number of pyridine rings is 1. The number of benzene rings is 1. The van der Waals surface area contributed by atoms with Crippen molar-refractivity contribution in [3.63, 3.8) is 0 Å². The normalized spacial score (nSPS) is 27.0. The van der Waals surface area contributed by atoms with E-state index >= 15 is 0 Å². The predicted octanol–water partition coefficient (Wildman–Crippen LogP) is 3.29. The van der Waals surface area contributed by atoms with E-state index in [0.717, 1.165) is 49.4 Å². The molecule has 3 atom stereocenters. The van der Waals surface area contributed by atoms with Gasteiger partial charge in [-0.3, -0.25) is 29.6 Å². The fraction of sp³-hybridized carbons (Fsp3) is 0.481. The third-order valence-corrected chi connectivity index (χ3v) is 8.22. The first-order valence-electron chi connectivity index (χ1n) is 12.8. The summed E-state index contributed by atoms with van der Waals surface area (Å²) in [6.45, 7) is 2.30. The Morgan fingerprint density at radius 3 is 2.64 bits per heavy atom. The lowest BCUT2D eigenvalue weighted by molar-refractivity contribution is -0.136. The smallest absolute Gasteiger partial charge is 0.255 e. The van der Waals surface area contributed by atoms with Gasteiger partial charge in [0.05, 0.1) is 5.02 Å². The van der Waals surface area contributed by atoms with Crippen LogP contribution in [0.3, 0.4) is 0 Å². The number of carbonyl (C=O) groups is 3. The van der Waals surface area contributed by atoms with E-state index in [1.54, 1.807) is 11.1 Å². The van der Waals surface area contributed by atoms with Crippen LogP contribution in [-0.4, -0.2) is 63.8 Å². The molecule has 1 aromatic carbocycles. The third-order valence-electron chi connectivity index (χ3n) is 8.00. The number of halogens is 1. The van der Waals surface area contributed by atoms with Crippen molar-refractivity contribution in [1.29, 1.82) is 0 Å². The molecule has 188 valence electrons. The number of piperidine rings is 1. The van der Waals surface area contributed by atoms with Gasteiger partial charge in [-0.05, 0) is 61.6 Å². The van der Waals surface area contributed by atoms with Crippen LogP contribution in [-0.2, 0) is 16.1 Å². The van der Waals surface area contributed by atoms with Crippen molar-refractivity contribution in [1.82, 2.24) is 20.1 Å². The van der Waals surface area contributed by atoms with E-state index in [1.165, 1.54) is 6.42 Å². The molecule has 8 nitrogen and oxygen atoms in total. The van der Waals surface area contributed by atoms with E-state index in [0.29, 0.717) is 35.5 Å². The van der Waals surface area contributed by atoms with Crippen LogP contribution < -0.4 is 10.1 Å². The zero-order valence-corrected chi connectivity index (χ0v) is 20.7. The molecular formula is C27H29ClN4O4. The highest BCUT2D eigenvalue weighted by atomic mass is 35.5. The van der Waals surface area contributed by atoms with Gasteiger partial charge in [0, 0.05) is 55.5 Å². The summed E-state index contributed by atoms with van der Waals surface area (Å²) in [5.74, 6) is 0.352. The summed E-state index contributed by atoms with van der Waals surface area (Å²) in [5, 5.41) is 3.01. The zero-order valence-electron chi connectivity index (χ0n) is 20.0. The fourth-order valence-corrected chi connectivity index (χ4v) is 6.14. The van der Waals surface area contributed by atoms with Crippen LogP contribution in [0.2, 0.25) is 5.02 Å². The molecule has 0 bridgehead atoms. The molecule has 36 heavy (non-hydrogen) atoms. The van der Waals surface area contributed by atoms with E-state index in [4.69, 9.17) is 16.3 Å². The number of aromatic nitrogens is 1. The summed E-state index contributed by atoms with van der Waals surface area (Å²) < 4.78 is 6.53. The van der Waals surface area contributed by atoms with Crippen molar-refractivity contribution >= 4 is 29.3 Å². The molecule has 4 aliphatic rings. The molecule has 0 spiro atoms. The van der Waals surface area contributed by atoms with Gasteiger partial charge in [0.25, 0.3) is 5.91 Å². The van der Waals surface area contributed by atoms with Crippen LogP contribution >= 0.6 is 11.6 Å². The fourth-order valence-electron chi connectivity index (χ4n) is 6.03. The van der Waals surface area contributed by atoms with Gasteiger partial charge in [0.2, 0.25) is 11.8 Å². The molecule has 1 N–H and O–H groups in total. The predicted molar refractivity (Wildman–Crippen MR) is 133 cm³/mol. The zero-order chi connectivity index (χ0) is 24.8. The minimum Gasteiger partial charge on any atom is -0.489 e. The largest absolute Gasteiger partial charge is 0.489 e. The topological polar surface area (TPSA) is 91.8 Å². The van der Waals surface area contributed by atoms with Crippen LogP contribution in [0.4, 0.5) is 0 Å². The Hall–Kier alpha value is -2.97. The minimum atomic E-state index is -0.607. The van der Waals surface area contributed by atoms with Gasteiger partial charge in [0.1, 0.15) is 17.9 Å². The Labute approximate surface area is 214 Å². The van der Waals surface area contributed by atoms with E-state index in [2.05, 4.69) is 15.2 Å². The molecule has 4 heterocycles. The first-order valence-corrected chi connectivity index (χ1v) is 13.1. The van der Waals surface area contributed by atoms with Crippen molar-refractivity contribution in [3.8, 4) is 5.75 Å². The summed E-state index contributed by atoms with van der Waals surface area (Å²) in [6, 6.07) is 9.29. The second-order valence-corrected chi connectivity index (χ2v) is 10.7. The molecule has 3 unspecified atom stereocenters. The first-order chi connectivity index (χ1) is 17.5. The summed E-state index contributed by atoms with van der Waals surface area (Å²) >= 11 is 5.99. The van der Waals surface area contributed by atoms with E-state index in [1.807, 2.05) is 30.3 Å². The quantitative estimate of drug-likeness (QED) is 0.623. The average Bonchev–Trinajstić information content (AvgIpc) is 3.16. The number of nitrogens with one attached hydrogen (secondary N) is 1. The molecule has 3 amide bonds. The highest BCUT2D eigenvalue weighted by molar-refractivity contribution is 6.30. The van der Waals surface area contributed by atoms with Crippen LogP contribution in [0.25, 0.3) is 0 Å². The van der Waals surface area contributed by atoms with Crippen LogP contribution in [0, 0.1) is 0 Å². The lowest BCUT2D eigenvalue weighted by Crippen LogP contribution is -2.57. The average molecular weight is 509 g/mol. The van der Waals surface area contributed by atoms with Crippen LogP contribution in [0.15, 0.2) is 36.5 Å². The molecule has 1 aliphatic carbocycles. The maximum Gasteiger partial charge on any atom is 0.255 e. The van der Waals surface area contributed by atoms with E-state index in [-0.39, 0.29) is 24.3 Å². The van der Waals surface area contributed by atoms with Crippen molar-refractivity contribution in [2.24, 2.45) is 0 Å². The van der Waals surface area contributed by atoms with Gasteiger partial charge in [-0.15, -0.1) is 0 Å². The number of rotatable bonds is 5. The van der Waals surface area contributed by atoms with Gasteiger partial charge in [0.15, 0.2) is 0 Å². The molecule has 2 aromatic rings. The Morgan fingerprint density at radius 2 is 1.86 bits per heavy atom. The molecule has 1 aromatic heterocycles. The lowest BCUT2D eigenvalue weighted by atomic mass is 9.85. The Balaban J connectivity index is 1.11. The monoisotopic (exact) mass is 508 g/mol. The highest BCUT2D eigenvalue weighted by Gasteiger charge is 2.41. The number of carbonyl (C=O) groups excluding carboxylic acids is 3. The van der Waals surface area contributed by atoms with Gasteiger partial charge in [-0.25, -0.2) is 0 Å². The Bertz CT molecular complexity index is 1200. The van der Waals surface area contributed by atoms with Gasteiger partial charge >= 0.3 is 0 Å². The van der Waals surface area contributed by atoms with Crippen molar-refractivity contribution in [2.75, 3.05) is 13.1 Å². The Kier molecular flexibility index (Phi) is 6.17. The van der Waals surface area contributed by atoms with Crippen molar-refractivity contribution in [2.45, 2.75) is 69.2 Å². The number of imide groups is 1. The van der Waals surface area contributed by atoms with Crippen molar-refractivity contribution in [3.05, 3.63) is 58.4 Å². The number of amides is 3. The summed E-state index contributed by atoms with van der Waals surface area (Å²) in [5.41, 5.74) is 2.56. The standard InChI is InChI=1S/C27H29ClN4O4/c28-18-5-8-21(29-12-18)17-13-31(14-17)22-3-1-2-4-24(22)36-19-6-7-20-16(11-19)15-32(27(20)35)23-9-10-25(33)30-26(23)34/h5-8,11-12,17,22-24H,1-4,9-10,13-15H2,(H,30,33,34). The number of hydrogen-bond acceptors (Lipinski definition) is 6. The summed E-state index contributed by atoms with van der Waals surface area (Å²) in [4.78, 5) is 45.4. The summed E-state index contributed by atoms with van der Waals surface area (Å²) in [6.07, 6.45) is 6.88. The molecule has 0 radical (unpaired) electrons. The molecule has 3 aliphatic heterocycles. The number of ether oxygens (including phenoxy) is 1. The van der Waals surface area contributed by atoms with Gasteiger partial charge < -0.3 is 9.64 Å². The van der Waals surface area contributed by atoms with E-state index in [9.17, 15) is 14.4 Å². The second kappa shape index (κ2) is 9.48. The van der Waals surface area contributed by atoms with Gasteiger partial charge in [-0.2, -0.15) is 0 Å². The Morgan fingerprint density at radius 1 is 1.03 bits per heavy atom. The number of hydrogen-bond donors (Lipinski definition) is 1. The SMILES string of the molecule is O=C1CCC(N2Cc3cc(OC4CCCCC4N4CC(c5ccc(Cl)cn5)C4)ccc3C2=O)C(=O)N1. The van der Waals surface area contributed by atoms with Crippen LogP contribution in [0.1, 0.15) is 66.1 Å². The first kappa shape index (κ1) is 23.4. The molecule has 6 rings (SSSR count). The van der Waals surface area contributed by atoms with Gasteiger partial charge in [-0.1, -0.05) is 18.0 Å². The van der Waals surface area contributed by atoms with Crippen LogP contribution in [0.5, 0.6) is 5.75 Å². The van der Waals surface area contributed by atoms with E-state index < -0.39 is 11.9 Å². The number of likely N-dealkylation sites (tertiary alicyclic amines) is 1.